The number of ketones is 1. The predicted molar refractivity (Wildman–Crippen MR) is 63.6 cm³/mol. The second-order valence-corrected chi connectivity index (χ2v) is 7.58. The fourth-order valence-electron chi connectivity index (χ4n) is 1.94. The van der Waals surface area contributed by atoms with Crippen molar-refractivity contribution < 1.29 is 13.2 Å². The minimum Gasteiger partial charge on any atom is -0.299 e. The zero-order chi connectivity index (χ0) is 12.6. The molecule has 1 aliphatic heterocycles. The molecule has 5 heteroatoms. The van der Waals surface area contributed by atoms with Crippen LogP contribution in [-0.2, 0) is 14.8 Å². The molecule has 1 saturated heterocycles. The van der Waals surface area contributed by atoms with Gasteiger partial charge in [-0.1, -0.05) is 27.7 Å². The van der Waals surface area contributed by atoms with Crippen LogP contribution in [-0.4, -0.2) is 37.3 Å². The minimum atomic E-state index is -3.20. The van der Waals surface area contributed by atoms with Crippen LogP contribution >= 0.6 is 0 Å². The molecule has 0 saturated carbocycles. The van der Waals surface area contributed by atoms with E-state index in [2.05, 4.69) is 0 Å². The van der Waals surface area contributed by atoms with Gasteiger partial charge in [0.05, 0.1) is 5.75 Å². The maximum atomic E-state index is 12.0. The molecule has 94 valence electrons. The van der Waals surface area contributed by atoms with E-state index in [9.17, 15) is 13.2 Å². The summed E-state index contributed by atoms with van der Waals surface area (Å²) in [6.45, 7) is 8.06. The van der Waals surface area contributed by atoms with Gasteiger partial charge in [0, 0.05) is 24.9 Å². The number of Topliss-reactive ketones (excluding diaryl/α,β-unsaturated/α-hetero) is 1. The number of hydrogen-bond acceptors (Lipinski definition) is 3. The Morgan fingerprint density at radius 3 is 2.38 bits per heavy atom. The quantitative estimate of drug-likeness (QED) is 0.754. The molecular weight excluding hydrogens is 226 g/mol. The lowest BCUT2D eigenvalue weighted by molar-refractivity contribution is -0.129. The highest BCUT2D eigenvalue weighted by molar-refractivity contribution is 7.89. The second kappa shape index (κ2) is 4.45. The highest BCUT2D eigenvalue weighted by Gasteiger charge is 2.38. The number of carbonyl (C=O) groups is 1. The van der Waals surface area contributed by atoms with Crippen molar-refractivity contribution in [3.05, 3.63) is 0 Å². The molecule has 0 bridgehead atoms. The number of hydrogen-bond donors (Lipinski definition) is 0. The monoisotopic (exact) mass is 247 g/mol. The molecule has 1 rings (SSSR count). The van der Waals surface area contributed by atoms with Crippen LogP contribution in [0.4, 0.5) is 0 Å². The van der Waals surface area contributed by atoms with Crippen LogP contribution in [0.2, 0.25) is 0 Å². The van der Waals surface area contributed by atoms with Crippen LogP contribution in [0.3, 0.4) is 0 Å². The summed E-state index contributed by atoms with van der Waals surface area (Å²) in [5.74, 6) is 0.436. The molecule has 0 amide bonds. The third-order valence-corrected chi connectivity index (χ3v) is 5.04. The first kappa shape index (κ1) is 13.6. The highest BCUT2D eigenvalue weighted by Crippen LogP contribution is 2.27. The van der Waals surface area contributed by atoms with Crippen molar-refractivity contribution in [2.75, 3.05) is 18.8 Å². The number of piperidine rings is 1. The van der Waals surface area contributed by atoms with E-state index >= 15 is 0 Å². The highest BCUT2D eigenvalue weighted by atomic mass is 32.2. The molecule has 1 heterocycles. The standard InChI is InChI=1S/C11H21NO3S/c1-9(2)7-16(14,15)12-6-5-10(13)11(3,4)8-12/h9H,5-8H2,1-4H3. The molecule has 0 aromatic heterocycles. The Morgan fingerprint density at radius 1 is 1.38 bits per heavy atom. The van der Waals surface area contributed by atoms with E-state index in [1.54, 1.807) is 0 Å². The molecule has 0 atom stereocenters. The Labute approximate surface area is 98.1 Å². The summed E-state index contributed by atoms with van der Waals surface area (Å²) in [6, 6.07) is 0. The van der Waals surface area contributed by atoms with Gasteiger partial charge in [-0.2, -0.15) is 0 Å². The first-order valence-electron chi connectivity index (χ1n) is 5.66. The van der Waals surface area contributed by atoms with Gasteiger partial charge in [-0.15, -0.1) is 0 Å². The van der Waals surface area contributed by atoms with E-state index in [4.69, 9.17) is 0 Å². The Balaban J connectivity index is 2.80. The summed E-state index contributed by atoms with van der Waals surface area (Å²) < 4.78 is 25.5. The van der Waals surface area contributed by atoms with E-state index < -0.39 is 15.4 Å². The van der Waals surface area contributed by atoms with Gasteiger partial charge in [-0.3, -0.25) is 4.79 Å². The van der Waals surface area contributed by atoms with Gasteiger partial charge in [0.25, 0.3) is 0 Å². The minimum absolute atomic E-state index is 0.116. The van der Waals surface area contributed by atoms with E-state index in [0.29, 0.717) is 19.5 Å². The third-order valence-electron chi connectivity index (χ3n) is 2.85. The van der Waals surface area contributed by atoms with Crippen LogP contribution in [0.5, 0.6) is 0 Å². The first-order valence-corrected chi connectivity index (χ1v) is 7.27. The predicted octanol–water partition coefficient (Wildman–Crippen LogP) is 1.27. The molecular formula is C11H21NO3S. The summed E-state index contributed by atoms with van der Waals surface area (Å²) in [7, 11) is -3.20. The van der Waals surface area contributed by atoms with E-state index in [-0.39, 0.29) is 17.5 Å². The molecule has 1 fully saturated rings. The van der Waals surface area contributed by atoms with Crippen molar-refractivity contribution >= 4 is 15.8 Å². The Kier molecular flexibility index (Phi) is 3.80. The van der Waals surface area contributed by atoms with Crippen molar-refractivity contribution in [2.45, 2.75) is 34.1 Å². The molecule has 0 spiro atoms. The lowest BCUT2D eigenvalue weighted by atomic mass is 9.84. The van der Waals surface area contributed by atoms with Gasteiger partial charge in [0.1, 0.15) is 5.78 Å². The fraction of sp³-hybridized carbons (Fsp3) is 0.909. The zero-order valence-corrected chi connectivity index (χ0v) is 11.3. The van der Waals surface area contributed by atoms with E-state index in [0.717, 1.165) is 0 Å². The van der Waals surface area contributed by atoms with Crippen molar-refractivity contribution in [2.24, 2.45) is 11.3 Å². The smallest absolute Gasteiger partial charge is 0.214 e. The van der Waals surface area contributed by atoms with Crippen LogP contribution in [0.15, 0.2) is 0 Å². The molecule has 0 unspecified atom stereocenters. The lowest BCUT2D eigenvalue weighted by Crippen LogP contribution is -2.49. The van der Waals surface area contributed by atoms with Gasteiger partial charge < -0.3 is 0 Å². The number of carbonyl (C=O) groups excluding carboxylic acids is 1. The van der Waals surface area contributed by atoms with Gasteiger partial charge >= 0.3 is 0 Å². The van der Waals surface area contributed by atoms with Crippen molar-refractivity contribution in [1.82, 2.24) is 4.31 Å². The maximum Gasteiger partial charge on any atom is 0.214 e. The maximum absolute atomic E-state index is 12.0. The zero-order valence-electron chi connectivity index (χ0n) is 10.5. The average molecular weight is 247 g/mol. The molecule has 16 heavy (non-hydrogen) atoms. The van der Waals surface area contributed by atoms with Crippen molar-refractivity contribution in [3.8, 4) is 0 Å². The van der Waals surface area contributed by atoms with Gasteiger partial charge in [0.15, 0.2) is 0 Å². The van der Waals surface area contributed by atoms with Crippen molar-refractivity contribution in [3.63, 3.8) is 0 Å². The summed E-state index contributed by atoms with van der Waals surface area (Å²) in [4.78, 5) is 11.6. The van der Waals surface area contributed by atoms with Crippen molar-refractivity contribution in [1.29, 1.82) is 0 Å². The molecule has 0 aromatic rings. The Hall–Kier alpha value is -0.420. The summed E-state index contributed by atoms with van der Waals surface area (Å²) in [5, 5.41) is 0. The van der Waals surface area contributed by atoms with E-state index in [1.165, 1.54) is 4.31 Å². The van der Waals surface area contributed by atoms with Crippen LogP contribution in [0.25, 0.3) is 0 Å². The topological polar surface area (TPSA) is 54.5 Å². The van der Waals surface area contributed by atoms with Crippen LogP contribution < -0.4 is 0 Å². The SMILES string of the molecule is CC(C)CS(=O)(=O)N1CCC(=O)C(C)(C)C1. The summed E-state index contributed by atoms with van der Waals surface area (Å²) >= 11 is 0. The molecule has 4 nitrogen and oxygen atoms in total. The largest absolute Gasteiger partial charge is 0.299 e. The average Bonchev–Trinajstić information content (AvgIpc) is 2.07. The van der Waals surface area contributed by atoms with E-state index in [1.807, 2.05) is 27.7 Å². The molecule has 0 N–H and O–H groups in total. The summed E-state index contributed by atoms with van der Waals surface area (Å²) in [6.07, 6.45) is 0.338. The summed E-state index contributed by atoms with van der Waals surface area (Å²) in [5.41, 5.74) is -0.539. The molecule has 1 aliphatic rings. The fourth-order valence-corrected chi connectivity index (χ4v) is 3.88. The third kappa shape index (κ3) is 3.04. The Bertz CT molecular complexity index is 371. The molecule has 0 aromatic carbocycles. The number of sulfonamides is 1. The van der Waals surface area contributed by atoms with Crippen LogP contribution in [0, 0.1) is 11.3 Å². The van der Waals surface area contributed by atoms with Crippen LogP contribution in [0.1, 0.15) is 34.1 Å². The Morgan fingerprint density at radius 2 is 1.94 bits per heavy atom. The molecule has 0 aliphatic carbocycles. The first-order chi connectivity index (χ1) is 7.15. The normalized spacial score (nSPS) is 22.7. The number of rotatable bonds is 3. The van der Waals surface area contributed by atoms with Gasteiger partial charge in [-0.25, -0.2) is 12.7 Å². The lowest BCUT2D eigenvalue weighted by Gasteiger charge is -2.36. The van der Waals surface area contributed by atoms with Gasteiger partial charge in [-0.05, 0) is 5.92 Å². The number of nitrogens with zero attached hydrogens (tertiary/aromatic N) is 1. The second-order valence-electron chi connectivity index (χ2n) is 5.56. The van der Waals surface area contributed by atoms with Gasteiger partial charge in [0.2, 0.25) is 10.0 Å². The molecule has 0 radical (unpaired) electrons.